The van der Waals surface area contributed by atoms with Crippen LogP contribution in [0.2, 0.25) is 0 Å². The maximum absolute atomic E-state index is 12.2. The molecule has 2 aliphatic rings. The van der Waals surface area contributed by atoms with E-state index in [2.05, 4.69) is 76.9 Å². The standard InChI is InChI=1S/C30H28N2O/c33-30-27-8-4-7-26-25(13-14-28(31-30)29(26)27)19-21-9-11-22(12-10-21)20-32-17-15-24(16-18-32)23-5-2-1-3-6-23/h1-14,24H,15-20H2,(H,31,33). The second kappa shape index (κ2) is 8.49. The van der Waals surface area contributed by atoms with Crippen molar-refractivity contribution in [3.05, 3.63) is 113 Å². The van der Waals surface area contributed by atoms with Gasteiger partial charge in [-0.1, -0.05) is 72.8 Å². The van der Waals surface area contributed by atoms with Gasteiger partial charge in [0.15, 0.2) is 0 Å². The lowest BCUT2D eigenvalue weighted by Gasteiger charge is -2.32. The van der Waals surface area contributed by atoms with Crippen molar-refractivity contribution < 1.29 is 4.79 Å². The molecule has 0 saturated carbocycles. The van der Waals surface area contributed by atoms with Gasteiger partial charge in [0.25, 0.3) is 5.91 Å². The highest BCUT2D eigenvalue weighted by molar-refractivity contribution is 6.24. The minimum atomic E-state index is 0.00454. The molecule has 0 atom stereocenters. The summed E-state index contributed by atoms with van der Waals surface area (Å²) in [5.41, 5.74) is 7.16. The summed E-state index contributed by atoms with van der Waals surface area (Å²) in [6.07, 6.45) is 3.35. The lowest BCUT2D eigenvalue weighted by Crippen LogP contribution is -2.32. The Kier molecular flexibility index (Phi) is 5.20. The number of hydrogen-bond acceptors (Lipinski definition) is 2. The van der Waals surface area contributed by atoms with Crippen molar-refractivity contribution >= 4 is 22.4 Å². The number of carbonyl (C=O) groups excluding carboxylic acids is 1. The Morgan fingerprint density at radius 3 is 2.33 bits per heavy atom. The molecule has 1 N–H and O–H groups in total. The number of piperidine rings is 1. The molecule has 0 bridgehead atoms. The van der Waals surface area contributed by atoms with Crippen LogP contribution in [-0.2, 0) is 13.0 Å². The molecule has 3 nitrogen and oxygen atoms in total. The Morgan fingerprint density at radius 2 is 1.55 bits per heavy atom. The fraction of sp³-hybridized carbons (Fsp3) is 0.233. The molecule has 164 valence electrons. The van der Waals surface area contributed by atoms with Gasteiger partial charge in [0, 0.05) is 23.2 Å². The summed E-state index contributed by atoms with van der Waals surface area (Å²) < 4.78 is 0. The molecule has 1 amide bonds. The first-order valence-corrected chi connectivity index (χ1v) is 12.0. The summed E-state index contributed by atoms with van der Waals surface area (Å²) in [5.74, 6) is 0.706. The maximum Gasteiger partial charge on any atom is 0.256 e. The predicted molar refractivity (Wildman–Crippen MR) is 135 cm³/mol. The molecule has 4 aromatic carbocycles. The van der Waals surface area contributed by atoms with Crippen LogP contribution in [0.1, 0.15) is 51.4 Å². The Labute approximate surface area is 195 Å². The van der Waals surface area contributed by atoms with Crippen molar-refractivity contribution in [3.8, 4) is 0 Å². The van der Waals surface area contributed by atoms with Crippen LogP contribution in [0, 0.1) is 0 Å². The van der Waals surface area contributed by atoms with Gasteiger partial charge in [0.2, 0.25) is 0 Å². The van der Waals surface area contributed by atoms with Crippen molar-refractivity contribution in [1.29, 1.82) is 0 Å². The highest BCUT2D eigenvalue weighted by Crippen LogP contribution is 2.35. The Balaban J connectivity index is 1.12. The summed E-state index contributed by atoms with van der Waals surface area (Å²) in [6.45, 7) is 3.35. The van der Waals surface area contributed by atoms with Gasteiger partial charge in [-0.15, -0.1) is 0 Å². The molecule has 0 unspecified atom stereocenters. The minimum Gasteiger partial charge on any atom is -0.321 e. The zero-order chi connectivity index (χ0) is 22.2. The summed E-state index contributed by atoms with van der Waals surface area (Å²) in [5, 5.41) is 5.22. The first-order chi connectivity index (χ1) is 16.2. The molecule has 1 fully saturated rings. The van der Waals surface area contributed by atoms with E-state index in [1.54, 1.807) is 0 Å². The molecule has 33 heavy (non-hydrogen) atoms. The second-order valence-corrected chi connectivity index (χ2v) is 9.41. The number of amides is 1. The monoisotopic (exact) mass is 432 g/mol. The van der Waals surface area contributed by atoms with Crippen LogP contribution in [-0.4, -0.2) is 23.9 Å². The minimum absolute atomic E-state index is 0.00454. The van der Waals surface area contributed by atoms with Gasteiger partial charge in [0.05, 0.1) is 0 Å². The SMILES string of the molecule is O=C1Nc2ccc(Cc3ccc(CN4CCC(c5ccccc5)CC4)cc3)c3cccc1c23. The topological polar surface area (TPSA) is 32.3 Å². The average molecular weight is 433 g/mol. The van der Waals surface area contributed by atoms with Crippen molar-refractivity contribution in [1.82, 2.24) is 4.90 Å². The van der Waals surface area contributed by atoms with Crippen molar-refractivity contribution in [2.45, 2.75) is 31.7 Å². The highest BCUT2D eigenvalue weighted by Gasteiger charge is 2.22. The number of carbonyl (C=O) groups is 1. The molecule has 0 aromatic heterocycles. The van der Waals surface area contributed by atoms with E-state index in [1.807, 2.05) is 18.2 Å². The van der Waals surface area contributed by atoms with Gasteiger partial charge in [-0.25, -0.2) is 0 Å². The Bertz CT molecular complexity index is 1300. The Morgan fingerprint density at radius 1 is 0.788 bits per heavy atom. The van der Waals surface area contributed by atoms with Crippen molar-refractivity contribution in [2.24, 2.45) is 0 Å². The van der Waals surface area contributed by atoms with E-state index in [1.165, 1.54) is 40.5 Å². The van der Waals surface area contributed by atoms with Crippen LogP contribution in [0.4, 0.5) is 5.69 Å². The number of likely N-dealkylation sites (tertiary alicyclic amines) is 1. The van der Waals surface area contributed by atoms with Gasteiger partial charge in [-0.2, -0.15) is 0 Å². The van der Waals surface area contributed by atoms with Gasteiger partial charge in [-0.05, 0) is 78.0 Å². The lowest BCUT2D eigenvalue weighted by molar-refractivity contribution is 0.103. The van der Waals surface area contributed by atoms with Crippen LogP contribution in [0.3, 0.4) is 0 Å². The molecule has 0 aliphatic carbocycles. The van der Waals surface area contributed by atoms with E-state index in [0.29, 0.717) is 5.92 Å². The van der Waals surface area contributed by atoms with E-state index in [-0.39, 0.29) is 5.91 Å². The van der Waals surface area contributed by atoms with Crippen LogP contribution in [0.25, 0.3) is 10.8 Å². The first-order valence-electron chi connectivity index (χ1n) is 12.0. The van der Waals surface area contributed by atoms with Gasteiger partial charge >= 0.3 is 0 Å². The fourth-order valence-corrected chi connectivity index (χ4v) is 5.49. The van der Waals surface area contributed by atoms with Crippen molar-refractivity contribution in [2.75, 3.05) is 18.4 Å². The highest BCUT2D eigenvalue weighted by atomic mass is 16.1. The molecule has 2 heterocycles. The third-order valence-electron chi connectivity index (χ3n) is 7.31. The summed E-state index contributed by atoms with van der Waals surface area (Å²) in [4.78, 5) is 14.8. The second-order valence-electron chi connectivity index (χ2n) is 9.41. The van der Waals surface area contributed by atoms with E-state index in [9.17, 15) is 4.79 Å². The molecule has 3 heteroatoms. The number of rotatable bonds is 5. The van der Waals surface area contributed by atoms with Crippen molar-refractivity contribution in [3.63, 3.8) is 0 Å². The molecule has 0 spiro atoms. The normalized spacial score (nSPS) is 16.3. The summed E-state index contributed by atoms with van der Waals surface area (Å²) >= 11 is 0. The van der Waals surface area contributed by atoms with Crippen LogP contribution in [0.5, 0.6) is 0 Å². The van der Waals surface area contributed by atoms with Gasteiger partial charge < -0.3 is 5.32 Å². The quantitative estimate of drug-likeness (QED) is 0.397. The molecule has 2 aliphatic heterocycles. The zero-order valence-electron chi connectivity index (χ0n) is 18.8. The summed E-state index contributed by atoms with van der Waals surface area (Å²) in [6, 6.07) is 30.3. The fourth-order valence-electron chi connectivity index (χ4n) is 5.49. The van der Waals surface area contributed by atoms with E-state index in [0.717, 1.165) is 42.7 Å². The molecule has 4 aromatic rings. The van der Waals surface area contributed by atoms with Gasteiger partial charge in [0.1, 0.15) is 0 Å². The molecular formula is C30H28N2O. The zero-order valence-corrected chi connectivity index (χ0v) is 18.8. The van der Waals surface area contributed by atoms with E-state index in [4.69, 9.17) is 0 Å². The van der Waals surface area contributed by atoms with E-state index < -0.39 is 0 Å². The molecule has 6 rings (SSSR count). The lowest BCUT2D eigenvalue weighted by atomic mass is 9.89. The number of anilines is 1. The van der Waals surface area contributed by atoms with E-state index >= 15 is 0 Å². The summed E-state index contributed by atoms with van der Waals surface area (Å²) in [7, 11) is 0. The largest absolute Gasteiger partial charge is 0.321 e. The number of nitrogens with one attached hydrogen (secondary N) is 1. The first kappa shape index (κ1) is 20.2. The smallest absolute Gasteiger partial charge is 0.256 e. The third kappa shape index (κ3) is 3.94. The number of benzene rings is 4. The van der Waals surface area contributed by atoms with Crippen LogP contribution >= 0.6 is 0 Å². The molecule has 1 saturated heterocycles. The maximum atomic E-state index is 12.2. The van der Waals surface area contributed by atoms with Crippen LogP contribution < -0.4 is 5.32 Å². The predicted octanol–water partition coefficient (Wildman–Crippen LogP) is 6.38. The number of hydrogen-bond donors (Lipinski definition) is 1. The third-order valence-corrected chi connectivity index (χ3v) is 7.31. The van der Waals surface area contributed by atoms with Crippen LogP contribution in [0.15, 0.2) is 84.9 Å². The Hall–Kier alpha value is -3.43. The molecule has 0 radical (unpaired) electrons. The molecular weight excluding hydrogens is 404 g/mol. The van der Waals surface area contributed by atoms with Gasteiger partial charge in [-0.3, -0.25) is 9.69 Å². The number of nitrogens with zero attached hydrogens (tertiary/aromatic N) is 1. The average Bonchev–Trinajstić information content (AvgIpc) is 3.20.